The van der Waals surface area contributed by atoms with Crippen LogP contribution in [0.1, 0.15) is 33.1 Å². The molecule has 1 unspecified atom stereocenters. The topological polar surface area (TPSA) is 15.6 Å². The zero-order chi connectivity index (χ0) is 10.7. The van der Waals surface area contributed by atoms with Crippen molar-refractivity contribution in [2.75, 3.05) is 13.1 Å². The molecule has 1 fully saturated rings. The van der Waals surface area contributed by atoms with Gasteiger partial charge in [-0.3, -0.25) is 0 Å². The molecule has 2 nitrogen and oxygen atoms in total. The summed E-state index contributed by atoms with van der Waals surface area (Å²) in [7, 11) is 0. The number of nitrogens with zero attached hydrogens (tertiary/aromatic N) is 2. The van der Waals surface area contributed by atoms with E-state index in [4.69, 9.17) is 0 Å². The molecule has 82 valence electrons. The lowest BCUT2D eigenvalue weighted by Gasteiger charge is -2.27. The maximum absolute atomic E-state index is 4.62. The summed E-state index contributed by atoms with van der Waals surface area (Å²) < 4.78 is 0. The Labute approximate surface area is 92.4 Å². The van der Waals surface area contributed by atoms with Crippen LogP contribution in [0.15, 0.2) is 28.9 Å². The van der Waals surface area contributed by atoms with Crippen LogP contribution in [0.3, 0.4) is 0 Å². The van der Waals surface area contributed by atoms with Gasteiger partial charge in [0.25, 0.3) is 0 Å². The summed E-state index contributed by atoms with van der Waals surface area (Å²) in [6.07, 6.45) is 10.2. The molecule has 0 radical (unpaired) electrons. The molecule has 15 heavy (non-hydrogen) atoms. The molecule has 0 amide bonds. The molecule has 0 saturated heterocycles. The standard InChI is InChI=1S/C13H20N2/c1-3-15(4-2)13-12-9-5-7-11(12)8-6-10-14-13/h6,8,10,12H,3-5,7,9H2,1-2H3. The first kappa shape index (κ1) is 10.5. The van der Waals surface area contributed by atoms with Crippen molar-refractivity contribution in [3.05, 3.63) is 23.9 Å². The minimum absolute atomic E-state index is 0.597. The van der Waals surface area contributed by atoms with Gasteiger partial charge in [-0.15, -0.1) is 0 Å². The maximum Gasteiger partial charge on any atom is 0.111 e. The first-order valence-corrected chi connectivity index (χ1v) is 6.05. The van der Waals surface area contributed by atoms with Crippen LogP contribution in [0, 0.1) is 5.92 Å². The van der Waals surface area contributed by atoms with Crippen molar-refractivity contribution in [2.45, 2.75) is 33.1 Å². The maximum atomic E-state index is 4.62. The number of allylic oxidation sites excluding steroid dienone is 2. The van der Waals surface area contributed by atoms with E-state index >= 15 is 0 Å². The average Bonchev–Trinajstić information content (AvgIpc) is 2.63. The van der Waals surface area contributed by atoms with E-state index in [-0.39, 0.29) is 0 Å². The van der Waals surface area contributed by atoms with Gasteiger partial charge in [0, 0.05) is 25.2 Å². The van der Waals surface area contributed by atoms with Crippen LogP contribution in [-0.4, -0.2) is 23.8 Å². The van der Waals surface area contributed by atoms with E-state index in [1.165, 1.54) is 25.1 Å². The van der Waals surface area contributed by atoms with Gasteiger partial charge in [-0.2, -0.15) is 0 Å². The molecule has 2 heteroatoms. The molecule has 0 aromatic rings. The molecule has 1 aliphatic carbocycles. The summed E-state index contributed by atoms with van der Waals surface area (Å²) in [5.41, 5.74) is 1.58. The Bertz CT molecular complexity index is 308. The second-order valence-corrected chi connectivity index (χ2v) is 4.19. The van der Waals surface area contributed by atoms with Gasteiger partial charge in [-0.1, -0.05) is 11.6 Å². The lowest BCUT2D eigenvalue weighted by atomic mass is 10.0. The molecule has 2 aliphatic rings. The van der Waals surface area contributed by atoms with Crippen LogP contribution in [0.4, 0.5) is 0 Å². The number of hydrogen-bond donors (Lipinski definition) is 0. The van der Waals surface area contributed by atoms with E-state index in [1.54, 1.807) is 5.57 Å². The highest BCUT2D eigenvalue weighted by Crippen LogP contribution is 2.34. The second kappa shape index (κ2) is 4.65. The fraction of sp³-hybridized carbons (Fsp3) is 0.615. The number of amidine groups is 1. The van der Waals surface area contributed by atoms with Gasteiger partial charge >= 0.3 is 0 Å². The molecular formula is C13H20N2. The summed E-state index contributed by atoms with van der Waals surface area (Å²) in [5.74, 6) is 1.89. The van der Waals surface area contributed by atoms with Crippen molar-refractivity contribution in [1.82, 2.24) is 4.90 Å². The van der Waals surface area contributed by atoms with Crippen LogP contribution in [0.2, 0.25) is 0 Å². The Morgan fingerprint density at radius 1 is 1.40 bits per heavy atom. The third-order valence-corrected chi connectivity index (χ3v) is 3.41. The summed E-state index contributed by atoms with van der Waals surface area (Å²) in [4.78, 5) is 7.01. The van der Waals surface area contributed by atoms with E-state index in [0.717, 1.165) is 13.1 Å². The van der Waals surface area contributed by atoms with Gasteiger partial charge in [0.2, 0.25) is 0 Å². The quantitative estimate of drug-likeness (QED) is 0.675. The smallest absolute Gasteiger partial charge is 0.111 e. The van der Waals surface area contributed by atoms with Crippen LogP contribution in [0.5, 0.6) is 0 Å². The Morgan fingerprint density at radius 2 is 2.20 bits per heavy atom. The van der Waals surface area contributed by atoms with E-state index in [9.17, 15) is 0 Å². The third kappa shape index (κ3) is 1.99. The van der Waals surface area contributed by atoms with Crippen molar-refractivity contribution < 1.29 is 0 Å². The predicted molar refractivity (Wildman–Crippen MR) is 64.9 cm³/mol. The van der Waals surface area contributed by atoms with Gasteiger partial charge in [0.05, 0.1) is 0 Å². The van der Waals surface area contributed by atoms with Crippen molar-refractivity contribution in [3.8, 4) is 0 Å². The lowest BCUT2D eigenvalue weighted by Crippen LogP contribution is -2.35. The molecular weight excluding hydrogens is 184 g/mol. The van der Waals surface area contributed by atoms with Crippen molar-refractivity contribution in [3.63, 3.8) is 0 Å². The fourth-order valence-electron chi connectivity index (χ4n) is 2.59. The minimum atomic E-state index is 0.597. The summed E-state index contributed by atoms with van der Waals surface area (Å²) in [5, 5.41) is 0. The van der Waals surface area contributed by atoms with E-state index < -0.39 is 0 Å². The number of hydrogen-bond acceptors (Lipinski definition) is 2. The molecule has 0 spiro atoms. The minimum Gasteiger partial charge on any atom is -0.360 e. The summed E-state index contributed by atoms with van der Waals surface area (Å²) in [6.45, 7) is 6.54. The van der Waals surface area contributed by atoms with Crippen LogP contribution in [0.25, 0.3) is 0 Å². The SMILES string of the molecule is CCN(CC)C1=NC=CC=C2CCCC21. The second-order valence-electron chi connectivity index (χ2n) is 4.19. The normalized spacial score (nSPS) is 24.3. The molecule has 0 bridgehead atoms. The van der Waals surface area contributed by atoms with Gasteiger partial charge < -0.3 is 4.90 Å². The van der Waals surface area contributed by atoms with Crippen molar-refractivity contribution >= 4 is 5.84 Å². The molecule has 0 aromatic heterocycles. The zero-order valence-corrected chi connectivity index (χ0v) is 9.74. The van der Waals surface area contributed by atoms with E-state index in [0.29, 0.717) is 5.92 Å². The van der Waals surface area contributed by atoms with Gasteiger partial charge in [0.15, 0.2) is 0 Å². The van der Waals surface area contributed by atoms with Crippen molar-refractivity contribution in [2.24, 2.45) is 10.9 Å². The number of fused-ring (bicyclic) bond motifs is 1. The Kier molecular flexibility index (Phi) is 3.24. The number of aliphatic imine (C=N–C) groups is 1. The molecule has 1 aliphatic heterocycles. The van der Waals surface area contributed by atoms with Crippen molar-refractivity contribution in [1.29, 1.82) is 0 Å². The van der Waals surface area contributed by atoms with Crippen LogP contribution in [-0.2, 0) is 0 Å². The van der Waals surface area contributed by atoms with Crippen LogP contribution >= 0.6 is 0 Å². The highest BCUT2D eigenvalue weighted by atomic mass is 15.2. The predicted octanol–water partition coefficient (Wildman–Crippen LogP) is 2.98. The molecule has 1 atom stereocenters. The molecule has 2 rings (SSSR count). The van der Waals surface area contributed by atoms with E-state index in [2.05, 4.69) is 35.9 Å². The molecule has 0 N–H and O–H groups in total. The van der Waals surface area contributed by atoms with Gasteiger partial charge in [-0.25, -0.2) is 4.99 Å². The summed E-state index contributed by atoms with van der Waals surface area (Å²) >= 11 is 0. The summed E-state index contributed by atoms with van der Waals surface area (Å²) in [6, 6.07) is 0. The third-order valence-electron chi connectivity index (χ3n) is 3.41. The monoisotopic (exact) mass is 204 g/mol. The highest BCUT2D eigenvalue weighted by molar-refractivity contribution is 5.88. The zero-order valence-electron chi connectivity index (χ0n) is 9.74. The Balaban J connectivity index is 2.26. The lowest BCUT2D eigenvalue weighted by molar-refractivity contribution is 0.441. The van der Waals surface area contributed by atoms with E-state index in [1.807, 2.05) is 6.20 Å². The first-order chi connectivity index (χ1) is 7.36. The molecule has 0 aromatic carbocycles. The first-order valence-electron chi connectivity index (χ1n) is 6.05. The molecule has 1 saturated carbocycles. The fourth-order valence-corrected chi connectivity index (χ4v) is 2.59. The largest absolute Gasteiger partial charge is 0.360 e. The average molecular weight is 204 g/mol. The Hall–Kier alpha value is -1.05. The Morgan fingerprint density at radius 3 is 2.93 bits per heavy atom. The molecule has 1 heterocycles. The van der Waals surface area contributed by atoms with Gasteiger partial charge in [0.1, 0.15) is 5.84 Å². The number of rotatable bonds is 2. The van der Waals surface area contributed by atoms with Gasteiger partial charge in [-0.05, 0) is 39.2 Å². The van der Waals surface area contributed by atoms with Crippen LogP contribution < -0.4 is 0 Å². The highest BCUT2D eigenvalue weighted by Gasteiger charge is 2.28.